The lowest BCUT2D eigenvalue weighted by Gasteiger charge is -2.06. The zero-order chi connectivity index (χ0) is 14.7. The lowest BCUT2D eigenvalue weighted by Crippen LogP contribution is -1.99. The van der Waals surface area contributed by atoms with E-state index < -0.39 is 5.97 Å². The van der Waals surface area contributed by atoms with Gasteiger partial charge in [-0.1, -0.05) is 35.5 Å². The molecule has 0 amide bonds. The molecule has 3 aromatic rings. The molecule has 104 valence electrons. The molecular weight excluding hydrogens is 270 g/mol. The van der Waals surface area contributed by atoms with Gasteiger partial charge in [-0.3, -0.25) is 5.10 Å². The summed E-state index contributed by atoms with van der Waals surface area (Å²) in [6.07, 6.45) is 0. The number of nitrogens with zero attached hydrogens (tertiary/aromatic N) is 2. The van der Waals surface area contributed by atoms with Gasteiger partial charge in [-0.05, 0) is 24.3 Å². The van der Waals surface area contributed by atoms with Crippen LogP contribution in [-0.2, 0) is 0 Å². The van der Waals surface area contributed by atoms with Crippen molar-refractivity contribution in [3.63, 3.8) is 0 Å². The topological polar surface area (TPSA) is 88.1 Å². The first-order valence-electron chi connectivity index (χ1n) is 6.22. The number of para-hydroxylation sites is 1. The Morgan fingerprint density at radius 1 is 1.05 bits per heavy atom. The van der Waals surface area contributed by atoms with Crippen LogP contribution >= 0.6 is 0 Å². The van der Waals surface area contributed by atoms with Crippen molar-refractivity contribution in [3.8, 4) is 22.8 Å². The van der Waals surface area contributed by atoms with Gasteiger partial charge in [0, 0.05) is 5.56 Å². The van der Waals surface area contributed by atoms with Gasteiger partial charge in [-0.15, -0.1) is 5.10 Å². The number of aromatic amines is 1. The Morgan fingerprint density at radius 2 is 1.81 bits per heavy atom. The van der Waals surface area contributed by atoms with Crippen LogP contribution in [0.1, 0.15) is 10.5 Å². The predicted molar refractivity (Wildman–Crippen MR) is 75.3 cm³/mol. The van der Waals surface area contributed by atoms with Crippen LogP contribution in [0, 0.1) is 0 Å². The second kappa shape index (κ2) is 5.46. The maximum atomic E-state index is 11.1. The zero-order valence-electron chi connectivity index (χ0n) is 10.9. The number of hydrogen-bond donors (Lipinski definition) is 2. The number of carbonyl (C=O) groups is 1. The van der Waals surface area contributed by atoms with Gasteiger partial charge >= 0.3 is 5.97 Å². The summed E-state index contributed by atoms with van der Waals surface area (Å²) in [5, 5.41) is 18.8. The van der Waals surface area contributed by atoms with Crippen molar-refractivity contribution < 1.29 is 14.6 Å². The van der Waals surface area contributed by atoms with Crippen LogP contribution < -0.4 is 4.74 Å². The Balaban J connectivity index is 1.93. The average molecular weight is 281 g/mol. The molecular formula is C15H11N3O3. The van der Waals surface area contributed by atoms with E-state index in [1.807, 2.05) is 30.3 Å². The molecule has 6 nitrogen and oxygen atoms in total. The number of nitrogens with one attached hydrogen (secondary N) is 1. The lowest BCUT2D eigenvalue weighted by atomic mass is 10.1. The second-order valence-corrected chi connectivity index (χ2v) is 4.28. The first kappa shape index (κ1) is 12.9. The molecule has 0 bridgehead atoms. The Kier molecular flexibility index (Phi) is 3.34. The highest BCUT2D eigenvalue weighted by Crippen LogP contribution is 2.27. The summed E-state index contributed by atoms with van der Waals surface area (Å²) in [6.45, 7) is 0. The Bertz CT molecular complexity index is 769. The molecule has 0 aliphatic heterocycles. The van der Waals surface area contributed by atoms with Crippen molar-refractivity contribution in [2.75, 3.05) is 0 Å². The maximum absolute atomic E-state index is 11.1. The van der Waals surface area contributed by atoms with Crippen LogP contribution in [0.4, 0.5) is 0 Å². The number of hydrogen-bond acceptors (Lipinski definition) is 4. The van der Waals surface area contributed by atoms with E-state index in [4.69, 9.17) is 9.84 Å². The van der Waals surface area contributed by atoms with Crippen molar-refractivity contribution in [1.29, 1.82) is 0 Å². The number of carboxylic acid groups (broad SMARTS) is 1. The minimum atomic E-state index is -1.11. The minimum Gasteiger partial charge on any atom is -0.476 e. The molecule has 0 saturated carbocycles. The molecule has 0 unspecified atom stereocenters. The third-order valence-corrected chi connectivity index (χ3v) is 2.85. The van der Waals surface area contributed by atoms with Crippen LogP contribution in [0.3, 0.4) is 0 Å². The molecule has 1 heterocycles. The fourth-order valence-electron chi connectivity index (χ4n) is 1.91. The van der Waals surface area contributed by atoms with E-state index in [2.05, 4.69) is 15.4 Å². The van der Waals surface area contributed by atoms with Crippen molar-refractivity contribution in [2.45, 2.75) is 0 Å². The monoisotopic (exact) mass is 281 g/mol. The number of carboxylic acids is 1. The largest absolute Gasteiger partial charge is 0.476 e. The molecule has 3 rings (SSSR count). The molecule has 0 saturated heterocycles. The Morgan fingerprint density at radius 3 is 2.57 bits per heavy atom. The minimum absolute atomic E-state index is 0.0492. The molecule has 0 fully saturated rings. The van der Waals surface area contributed by atoms with Crippen molar-refractivity contribution in [1.82, 2.24) is 15.4 Å². The summed E-state index contributed by atoms with van der Waals surface area (Å²) in [5.74, 6) is 0.190. The summed E-state index contributed by atoms with van der Waals surface area (Å²) >= 11 is 0. The molecule has 0 spiro atoms. The molecule has 2 N–H and O–H groups in total. The van der Waals surface area contributed by atoms with E-state index in [1.165, 1.54) is 0 Å². The van der Waals surface area contributed by atoms with Gasteiger partial charge in [0.2, 0.25) is 0 Å². The first-order chi connectivity index (χ1) is 10.2. The number of H-pyrrole nitrogens is 1. The molecule has 2 aromatic carbocycles. The molecule has 0 aliphatic carbocycles. The normalized spacial score (nSPS) is 10.3. The summed E-state index contributed by atoms with van der Waals surface area (Å²) in [5.41, 5.74) is 0.849. The van der Waals surface area contributed by atoms with Crippen LogP contribution in [0.15, 0.2) is 54.6 Å². The quantitative estimate of drug-likeness (QED) is 0.767. The van der Waals surface area contributed by atoms with Crippen LogP contribution in [0.25, 0.3) is 11.3 Å². The van der Waals surface area contributed by atoms with Gasteiger partial charge in [-0.2, -0.15) is 0 Å². The van der Waals surface area contributed by atoms with Crippen molar-refractivity contribution in [3.05, 3.63) is 60.3 Å². The number of aromatic carboxylic acids is 1. The number of rotatable bonds is 4. The summed E-state index contributed by atoms with van der Waals surface area (Å²) in [4.78, 5) is 11.1. The highest BCUT2D eigenvalue weighted by molar-refractivity contribution is 5.92. The van der Waals surface area contributed by atoms with Crippen LogP contribution in [0.2, 0.25) is 0 Å². The van der Waals surface area contributed by atoms with E-state index in [0.717, 1.165) is 0 Å². The lowest BCUT2D eigenvalue weighted by molar-refractivity contribution is 0.0691. The maximum Gasteiger partial charge on any atom is 0.356 e. The summed E-state index contributed by atoms with van der Waals surface area (Å²) in [6, 6.07) is 16.4. The number of ether oxygens (including phenoxy) is 1. The summed E-state index contributed by atoms with van der Waals surface area (Å²) in [7, 11) is 0. The molecule has 0 atom stereocenters. The zero-order valence-corrected chi connectivity index (χ0v) is 10.9. The van der Waals surface area contributed by atoms with Crippen LogP contribution in [-0.4, -0.2) is 26.5 Å². The predicted octanol–water partition coefficient (Wildman–Crippen LogP) is 2.96. The average Bonchev–Trinajstić information content (AvgIpc) is 2.98. The van der Waals surface area contributed by atoms with Gasteiger partial charge in [-0.25, -0.2) is 4.79 Å². The molecule has 1 aromatic heterocycles. The van der Waals surface area contributed by atoms with Gasteiger partial charge < -0.3 is 9.84 Å². The van der Waals surface area contributed by atoms with Crippen molar-refractivity contribution in [2.24, 2.45) is 0 Å². The SMILES string of the molecule is O=C(O)c1[nH]nnc1-c1cccc(Oc2ccccc2)c1. The third-order valence-electron chi connectivity index (χ3n) is 2.85. The standard InChI is InChI=1S/C15H11N3O3/c19-15(20)14-13(16-18-17-14)10-5-4-8-12(9-10)21-11-6-2-1-3-7-11/h1-9H,(H,19,20)(H,16,17,18). The Labute approximate surface area is 120 Å². The fourth-order valence-corrected chi connectivity index (χ4v) is 1.91. The van der Waals surface area contributed by atoms with Gasteiger partial charge in [0.1, 0.15) is 17.2 Å². The molecule has 0 aliphatic rings. The first-order valence-corrected chi connectivity index (χ1v) is 6.22. The van der Waals surface area contributed by atoms with E-state index in [1.54, 1.807) is 24.3 Å². The van der Waals surface area contributed by atoms with Gasteiger partial charge in [0.15, 0.2) is 5.69 Å². The highest BCUT2D eigenvalue weighted by atomic mass is 16.5. The molecule has 6 heteroatoms. The Hall–Kier alpha value is -3.15. The van der Waals surface area contributed by atoms with E-state index in [-0.39, 0.29) is 11.4 Å². The van der Waals surface area contributed by atoms with E-state index in [0.29, 0.717) is 17.1 Å². The van der Waals surface area contributed by atoms with Gasteiger partial charge in [0.05, 0.1) is 0 Å². The van der Waals surface area contributed by atoms with E-state index >= 15 is 0 Å². The molecule has 21 heavy (non-hydrogen) atoms. The summed E-state index contributed by atoms with van der Waals surface area (Å²) < 4.78 is 5.71. The smallest absolute Gasteiger partial charge is 0.356 e. The number of aromatic nitrogens is 3. The second-order valence-electron chi connectivity index (χ2n) is 4.28. The molecule has 0 radical (unpaired) electrons. The van der Waals surface area contributed by atoms with E-state index in [9.17, 15) is 4.79 Å². The highest BCUT2D eigenvalue weighted by Gasteiger charge is 2.16. The fraction of sp³-hybridized carbons (Fsp3) is 0. The van der Waals surface area contributed by atoms with Gasteiger partial charge in [0.25, 0.3) is 0 Å². The van der Waals surface area contributed by atoms with Crippen LogP contribution in [0.5, 0.6) is 11.5 Å². The third kappa shape index (κ3) is 2.74. The van der Waals surface area contributed by atoms with Crippen molar-refractivity contribution >= 4 is 5.97 Å². The number of benzene rings is 2.